The number of alkyl halides is 3. The number of nitrogens with zero attached hydrogens (tertiary/aromatic N) is 2. The van der Waals surface area contributed by atoms with Gasteiger partial charge in [-0.2, -0.15) is 13.2 Å². The SMILES string of the molecule is CCCC1OCC(=O)C1NC(=O)C(CC(=O)OC)N=C(NC(=O)OCCC(F)(F)F)N1CCOCC1. The van der Waals surface area contributed by atoms with Crippen LogP contribution in [0.4, 0.5) is 18.0 Å². The fourth-order valence-electron chi connectivity index (χ4n) is 3.48. The predicted octanol–water partition coefficient (Wildman–Crippen LogP) is 0.538. The number of hydrogen-bond acceptors (Lipinski definition) is 9. The Bertz CT molecular complexity index is 817. The lowest BCUT2D eigenvalue weighted by Gasteiger charge is -2.30. The van der Waals surface area contributed by atoms with Gasteiger partial charge in [0.2, 0.25) is 11.9 Å². The molecule has 2 rings (SSSR count). The summed E-state index contributed by atoms with van der Waals surface area (Å²) in [5, 5.41) is 4.81. The van der Waals surface area contributed by atoms with Crippen molar-refractivity contribution >= 4 is 29.7 Å². The molecule has 3 unspecified atom stereocenters. The minimum absolute atomic E-state index is 0.162. The summed E-state index contributed by atoms with van der Waals surface area (Å²) >= 11 is 0. The van der Waals surface area contributed by atoms with E-state index in [1.165, 1.54) is 4.90 Å². The highest BCUT2D eigenvalue weighted by Gasteiger charge is 2.38. The van der Waals surface area contributed by atoms with Crippen LogP contribution in [-0.4, -0.2) is 106 Å². The lowest BCUT2D eigenvalue weighted by atomic mass is 10.0. The second-order valence-electron chi connectivity index (χ2n) is 8.06. The molecule has 0 spiro atoms. The number of rotatable bonds is 9. The molecule has 2 N–H and O–H groups in total. The van der Waals surface area contributed by atoms with Gasteiger partial charge < -0.3 is 29.2 Å². The molecule has 3 atom stereocenters. The molecule has 0 bridgehead atoms. The highest BCUT2D eigenvalue weighted by molar-refractivity contribution is 5.98. The van der Waals surface area contributed by atoms with E-state index in [-0.39, 0.29) is 44.7 Å². The van der Waals surface area contributed by atoms with Crippen LogP contribution in [0.1, 0.15) is 32.6 Å². The number of aliphatic imine (C=N–C) groups is 1. The van der Waals surface area contributed by atoms with E-state index in [0.29, 0.717) is 12.8 Å². The number of halogens is 3. The Morgan fingerprint density at radius 3 is 2.56 bits per heavy atom. The molecule has 0 aromatic heterocycles. The molecule has 36 heavy (non-hydrogen) atoms. The van der Waals surface area contributed by atoms with Gasteiger partial charge in [0.05, 0.1) is 39.3 Å². The van der Waals surface area contributed by atoms with Crippen LogP contribution in [0.2, 0.25) is 0 Å². The van der Waals surface area contributed by atoms with Gasteiger partial charge in [-0.25, -0.2) is 9.79 Å². The molecule has 2 aliphatic heterocycles. The first kappa shape index (κ1) is 29.3. The summed E-state index contributed by atoms with van der Waals surface area (Å²) in [7, 11) is 1.12. The second kappa shape index (κ2) is 14.0. The van der Waals surface area contributed by atoms with Gasteiger partial charge in [0.1, 0.15) is 25.3 Å². The first-order valence-corrected chi connectivity index (χ1v) is 11.5. The highest BCUT2D eigenvalue weighted by Crippen LogP contribution is 2.19. The summed E-state index contributed by atoms with van der Waals surface area (Å²) < 4.78 is 57.0. The van der Waals surface area contributed by atoms with E-state index >= 15 is 0 Å². The van der Waals surface area contributed by atoms with Crippen molar-refractivity contribution in [1.29, 1.82) is 0 Å². The van der Waals surface area contributed by atoms with Crippen molar-refractivity contribution in [2.75, 3.05) is 46.6 Å². The third-order valence-corrected chi connectivity index (χ3v) is 5.34. The molecule has 2 fully saturated rings. The van der Waals surface area contributed by atoms with Crippen molar-refractivity contribution in [2.24, 2.45) is 4.99 Å². The molecule has 12 nitrogen and oxygen atoms in total. The zero-order chi connectivity index (χ0) is 26.7. The lowest BCUT2D eigenvalue weighted by Crippen LogP contribution is -2.52. The maximum atomic E-state index is 13.1. The molecule has 2 saturated heterocycles. The zero-order valence-corrected chi connectivity index (χ0v) is 20.1. The number of carbonyl (C=O) groups is 4. The molecule has 2 aliphatic rings. The van der Waals surface area contributed by atoms with E-state index in [0.717, 1.165) is 7.11 Å². The molecular formula is C21H31F3N4O8. The molecule has 0 saturated carbocycles. The Hall–Kier alpha value is -2.94. The van der Waals surface area contributed by atoms with Crippen LogP contribution in [0.25, 0.3) is 0 Å². The number of hydrogen-bond donors (Lipinski definition) is 2. The van der Waals surface area contributed by atoms with Crippen LogP contribution in [0.3, 0.4) is 0 Å². The third kappa shape index (κ3) is 9.60. The number of nitrogens with one attached hydrogen (secondary N) is 2. The van der Waals surface area contributed by atoms with Gasteiger partial charge in [0.15, 0.2) is 5.78 Å². The van der Waals surface area contributed by atoms with Crippen molar-refractivity contribution in [2.45, 2.75) is 57.0 Å². The zero-order valence-electron chi connectivity index (χ0n) is 20.1. The van der Waals surface area contributed by atoms with Crippen LogP contribution in [-0.2, 0) is 33.3 Å². The van der Waals surface area contributed by atoms with Crippen molar-refractivity contribution in [3.63, 3.8) is 0 Å². The number of Topliss-reactive ketones (excluding diaryl/α,β-unsaturated/α-hetero) is 1. The highest BCUT2D eigenvalue weighted by atomic mass is 19.4. The number of guanidine groups is 1. The minimum Gasteiger partial charge on any atom is -0.469 e. The predicted molar refractivity (Wildman–Crippen MR) is 117 cm³/mol. The number of ketones is 1. The molecule has 204 valence electrons. The van der Waals surface area contributed by atoms with Gasteiger partial charge in [-0.1, -0.05) is 13.3 Å². The Labute approximate surface area is 205 Å². The quantitative estimate of drug-likeness (QED) is 0.251. The van der Waals surface area contributed by atoms with Crippen LogP contribution >= 0.6 is 0 Å². The number of alkyl carbamates (subject to hydrolysis) is 1. The number of carbonyl (C=O) groups excluding carboxylic acids is 4. The molecule has 0 aromatic rings. The molecule has 2 heterocycles. The van der Waals surface area contributed by atoms with Crippen molar-refractivity contribution < 1.29 is 51.3 Å². The third-order valence-electron chi connectivity index (χ3n) is 5.34. The largest absolute Gasteiger partial charge is 0.469 e. The summed E-state index contributed by atoms with van der Waals surface area (Å²) in [6.45, 7) is 1.80. The number of morpholine rings is 1. The standard InChI is InChI=1S/C21H31F3N4O8/c1-3-4-15-17(14(29)12-36-15)26-18(31)13(11-16(30)33-2)25-19(28-6-9-34-10-7-28)27-20(32)35-8-5-21(22,23)24/h13,15,17H,3-12H2,1-2H3,(H,26,31)(H,25,27,32). The fraction of sp³-hybridized carbons (Fsp3) is 0.762. The number of ether oxygens (including phenoxy) is 4. The molecule has 0 radical (unpaired) electrons. The minimum atomic E-state index is -4.51. The van der Waals surface area contributed by atoms with Crippen molar-refractivity contribution in [3.05, 3.63) is 0 Å². The van der Waals surface area contributed by atoms with Crippen LogP contribution in [0, 0.1) is 0 Å². The summed E-state index contributed by atoms with van der Waals surface area (Å²) in [4.78, 5) is 55.2. The van der Waals surface area contributed by atoms with E-state index in [1.54, 1.807) is 0 Å². The average Bonchev–Trinajstić information content (AvgIpc) is 3.16. The van der Waals surface area contributed by atoms with Gasteiger partial charge in [0.25, 0.3) is 0 Å². The second-order valence-corrected chi connectivity index (χ2v) is 8.06. The molecule has 0 aliphatic carbocycles. The maximum absolute atomic E-state index is 13.1. The van der Waals surface area contributed by atoms with Crippen LogP contribution in [0.5, 0.6) is 0 Å². The van der Waals surface area contributed by atoms with Gasteiger partial charge in [-0.15, -0.1) is 0 Å². The summed E-state index contributed by atoms with van der Waals surface area (Å²) in [6, 6.07) is -2.36. The van der Waals surface area contributed by atoms with Gasteiger partial charge in [-0.05, 0) is 6.42 Å². The molecule has 0 aromatic carbocycles. The van der Waals surface area contributed by atoms with Crippen LogP contribution in [0.15, 0.2) is 4.99 Å². The molecule has 2 amide bonds. The number of esters is 1. The lowest BCUT2D eigenvalue weighted by molar-refractivity contribution is -0.143. The molecule has 15 heteroatoms. The Morgan fingerprint density at radius 1 is 1.25 bits per heavy atom. The van der Waals surface area contributed by atoms with E-state index in [1.807, 2.05) is 6.92 Å². The van der Waals surface area contributed by atoms with E-state index < -0.39 is 61.8 Å². The van der Waals surface area contributed by atoms with Crippen molar-refractivity contribution in [3.8, 4) is 0 Å². The van der Waals surface area contributed by atoms with Gasteiger partial charge >= 0.3 is 18.2 Å². The summed E-state index contributed by atoms with van der Waals surface area (Å²) in [6.07, 6.45) is -6.90. The summed E-state index contributed by atoms with van der Waals surface area (Å²) in [5.74, 6) is -2.10. The van der Waals surface area contributed by atoms with E-state index in [4.69, 9.17) is 9.47 Å². The van der Waals surface area contributed by atoms with E-state index in [9.17, 15) is 32.3 Å². The fourth-order valence-corrected chi connectivity index (χ4v) is 3.48. The Kier molecular flexibility index (Phi) is 11.4. The number of amides is 2. The Balaban J connectivity index is 2.23. The average molecular weight is 524 g/mol. The summed E-state index contributed by atoms with van der Waals surface area (Å²) in [5.41, 5.74) is 0. The molecular weight excluding hydrogens is 493 g/mol. The van der Waals surface area contributed by atoms with E-state index in [2.05, 4.69) is 25.1 Å². The maximum Gasteiger partial charge on any atom is 0.413 e. The Morgan fingerprint density at radius 2 is 1.94 bits per heavy atom. The number of methoxy groups -OCH3 is 1. The van der Waals surface area contributed by atoms with Gasteiger partial charge in [0, 0.05) is 13.1 Å². The topological polar surface area (TPSA) is 145 Å². The van der Waals surface area contributed by atoms with Crippen molar-refractivity contribution in [1.82, 2.24) is 15.5 Å². The first-order valence-electron chi connectivity index (χ1n) is 11.5. The first-order chi connectivity index (χ1) is 17.0. The monoisotopic (exact) mass is 524 g/mol. The van der Waals surface area contributed by atoms with Crippen LogP contribution < -0.4 is 10.6 Å². The normalized spacial score (nSPS) is 21.6. The van der Waals surface area contributed by atoms with Gasteiger partial charge in [-0.3, -0.25) is 19.7 Å². The smallest absolute Gasteiger partial charge is 0.413 e.